The fraction of sp³-hybridized carbons (Fsp3) is 0.538. The number of ether oxygens (including phenoxy) is 2. The molecule has 90 valence electrons. The van der Waals surface area contributed by atoms with E-state index in [1.54, 1.807) is 14.2 Å². The number of hydrogen-bond donors (Lipinski definition) is 0. The van der Waals surface area contributed by atoms with E-state index < -0.39 is 0 Å². The maximum atomic E-state index is 5.27. The van der Waals surface area contributed by atoms with Crippen molar-refractivity contribution in [3.05, 3.63) is 23.8 Å². The molecule has 1 rings (SSSR count). The fourth-order valence-corrected chi connectivity index (χ4v) is 1.51. The molecule has 0 fully saturated rings. The van der Waals surface area contributed by atoms with E-state index in [1.807, 2.05) is 12.1 Å². The van der Waals surface area contributed by atoms with Gasteiger partial charge in [0.2, 0.25) is 0 Å². The van der Waals surface area contributed by atoms with Gasteiger partial charge in [0.05, 0.1) is 14.2 Å². The van der Waals surface area contributed by atoms with Crippen LogP contribution in [0.1, 0.15) is 12.5 Å². The van der Waals surface area contributed by atoms with E-state index in [-0.39, 0.29) is 0 Å². The largest absolute Gasteiger partial charge is 0.493 e. The lowest BCUT2D eigenvalue weighted by Crippen LogP contribution is -2.20. The van der Waals surface area contributed by atoms with E-state index in [0.29, 0.717) is 0 Å². The van der Waals surface area contributed by atoms with Crippen LogP contribution < -0.4 is 9.47 Å². The third-order valence-corrected chi connectivity index (χ3v) is 2.77. The van der Waals surface area contributed by atoms with Crippen molar-refractivity contribution in [2.45, 2.75) is 13.3 Å². The molecule has 0 saturated heterocycles. The highest BCUT2D eigenvalue weighted by atomic mass is 16.5. The molecule has 0 unspecified atom stereocenters. The van der Waals surface area contributed by atoms with E-state index in [1.165, 1.54) is 5.56 Å². The smallest absolute Gasteiger partial charge is 0.160 e. The first-order chi connectivity index (χ1) is 7.71. The Labute approximate surface area is 98.0 Å². The molecule has 0 saturated carbocycles. The van der Waals surface area contributed by atoms with E-state index in [9.17, 15) is 0 Å². The van der Waals surface area contributed by atoms with Crippen molar-refractivity contribution in [2.75, 3.05) is 34.4 Å². The second-order valence-electron chi connectivity index (χ2n) is 3.84. The van der Waals surface area contributed by atoms with Gasteiger partial charge in [0.15, 0.2) is 11.5 Å². The molecule has 0 amide bonds. The molecule has 0 aliphatic rings. The first-order valence-corrected chi connectivity index (χ1v) is 5.60. The summed E-state index contributed by atoms with van der Waals surface area (Å²) in [6, 6.07) is 6.09. The van der Waals surface area contributed by atoms with Crippen molar-refractivity contribution >= 4 is 0 Å². The van der Waals surface area contributed by atoms with Gasteiger partial charge in [-0.2, -0.15) is 0 Å². The maximum Gasteiger partial charge on any atom is 0.160 e. The molecule has 1 aromatic rings. The van der Waals surface area contributed by atoms with E-state index in [2.05, 4.69) is 24.9 Å². The SMILES string of the molecule is CCN(C)CCc1ccc(OC)c(OC)c1. The van der Waals surface area contributed by atoms with Crippen LogP contribution in [0.2, 0.25) is 0 Å². The standard InChI is InChI=1S/C13H21NO2/c1-5-14(2)9-8-11-6-7-12(15-3)13(10-11)16-4/h6-7,10H,5,8-9H2,1-4H3. The Morgan fingerprint density at radius 2 is 1.81 bits per heavy atom. The summed E-state index contributed by atoms with van der Waals surface area (Å²) in [5.74, 6) is 1.59. The molecule has 0 radical (unpaired) electrons. The summed E-state index contributed by atoms with van der Waals surface area (Å²) < 4.78 is 10.5. The van der Waals surface area contributed by atoms with Gasteiger partial charge in [0, 0.05) is 6.54 Å². The molecule has 3 heteroatoms. The lowest BCUT2D eigenvalue weighted by Gasteiger charge is -2.14. The van der Waals surface area contributed by atoms with Crippen LogP contribution >= 0.6 is 0 Å². The van der Waals surface area contributed by atoms with E-state index in [0.717, 1.165) is 31.0 Å². The van der Waals surface area contributed by atoms with Crippen LogP contribution in [0.15, 0.2) is 18.2 Å². The summed E-state index contributed by atoms with van der Waals surface area (Å²) in [6.45, 7) is 4.30. The molecule has 0 atom stereocenters. The maximum absolute atomic E-state index is 5.27. The van der Waals surface area contributed by atoms with E-state index >= 15 is 0 Å². The first kappa shape index (κ1) is 12.8. The van der Waals surface area contributed by atoms with Crippen LogP contribution in [0.5, 0.6) is 11.5 Å². The molecule has 0 aromatic heterocycles. The minimum Gasteiger partial charge on any atom is -0.493 e. The molecule has 16 heavy (non-hydrogen) atoms. The third-order valence-electron chi connectivity index (χ3n) is 2.77. The van der Waals surface area contributed by atoms with Crippen molar-refractivity contribution in [3.8, 4) is 11.5 Å². The van der Waals surface area contributed by atoms with Crippen molar-refractivity contribution < 1.29 is 9.47 Å². The number of nitrogens with zero attached hydrogens (tertiary/aromatic N) is 1. The van der Waals surface area contributed by atoms with Crippen LogP contribution in [0.4, 0.5) is 0 Å². The van der Waals surface area contributed by atoms with Gasteiger partial charge in [-0.3, -0.25) is 0 Å². The Morgan fingerprint density at radius 1 is 1.12 bits per heavy atom. The summed E-state index contributed by atoms with van der Waals surface area (Å²) in [5.41, 5.74) is 1.28. The number of likely N-dealkylation sites (N-methyl/N-ethyl adjacent to an activating group) is 1. The molecule has 0 aliphatic carbocycles. The van der Waals surface area contributed by atoms with Crippen LogP contribution in [-0.2, 0) is 6.42 Å². The Hall–Kier alpha value is -1.22. The molecule has 0 bridgehead atoms. The number of benzene rings is 1. The first-order valence-electron chi connectivity index (χ1n) is 5.60. The lowest BCUT2D eigenvalue weighted by molar-refractivity contribution is 0.350. The van der Waals surface area contributed by atoms with Crippen molar-refractivity contribution in [1.29, 1.82) is 0 Å². The molecule has 1 aromatic carbocycles. The Morgan fingerprint density at radius 3 is 2.38 bits per heavy atom. The molecule has 3 nitrogen and oxygen atoms in total. The van der Waals surface area contributed by atoms with Crippen molar-refractivity contribution in [2.24, 2.45) is 0 Å². The summed E-state index contributed by atoms with van der Waals surface area (Å²) in [5, 5.41) is 0. The predicted octanol–water partition coefficient (Wildman–Crippen LogP) is 2.20. The molecular weight excluding hydrogens is 202 g/mol. The zero-order valence-electron chi connectivity index (χ0n) is 10.6. The van der Waals surface area contributed by atoms with E-state index in [4.69, 9.17) is 9.47 Å². The van der Waals surface area contributed by atoms with Crippen LogP contribution in [0.3, 0.4) is 0 Å². The summed E-state index contributed by atoms with van der Waals surface area (Å²) in [4.78, 5) is 2.29. The fourth-order valence-electron chi connectivity index (χ4n) is 1.51. The highest BCUT2D eigenvalue weighted by Gasteiger charge is 2.04. The minimum atomic E-state index is 0.787. The van der Waals surface area contributed by atoms with Gasteiger partial charge >= 0.3 is 0 Å². The highest BCUT2D eigenvalue weighted by Crippen LogP contribution is 2.27. The van der Waals surface area contributed by atoms with Gasteiger partial charge in [-0.1, -0.05) is 13.0 Å². The monoisotopic (exact) mass is 223 g/mol. The topological polar surface area (TPSA) is 21.7 Å². The normalized spacial score (nSPS) is 10.6. The Bertz CT molecular complexity index is 326. The van der Waals surface area contributed by atoms with Gasteiger partial charge < -0.3 is 14.4 Å². The Balaban J connectivity index is 2.67. The molecule has 0 heterocycles. The highest BCUT2D eigenvalue weighted by molar-refractivity contribution is 5.42. The quantitative estimate of drug-likeness (QED) is 0.738. The predicted molar refractivity (Wildman–Crippen MR) is 66.4 cm³/mol. The molecule has 0 N–H and O–H groups in total. The van der Waals surface area contributed by atoms with Crippen molar-refractivity contribution in [3.63, 3.8) is 0 Å². The average Bonchev–Trinajstić information content (AvgIpc) is 2.35. The van der Waals surface area contributed by atoms with Crippen LogP contribution in [0.25, 0.3) is 0 Å². The van der Waals surface area contributed by atoms with Crippen LogP contribution in [-0.4, -0.2) is 39.3 Å². The number of methoxy groups -OCH3 is 2. The van der Waals surface area contributed by atoms with Gasteiger partial charge in [-0.05, 0) is 37.7 Å². The molecular formula is C13H21NO2. The zero-order valence-corrected chi connectivity index (χ0v) is 10.6. The van der Waals surface area contributed by atoms with Gasteiger partial charge in [-0.25, -0.2) is 0 Å². The average molecular weight is 223 g/mol. The molecule has 0 spiro atoms. The van der Waals surface area contributed by atoms with Gasteiger partial charge in [0.1, 0.15) is 0 Å². The van der Waals surface area contributed by atoms with Gasteiger partial charge in [0.25, 0.3) is 0 Å². The Kier molecular flexibility index (Phi) is 5.12. The zero-order chi connectivity index (χ0) is 12.0. The van der Waals surface area contributed by atoms with Crippen LogP contribution in [0, 0.1) is 0 Å². The molecule has 0 aliphatic heterocycles. The lowest BCUT2D eigenvalue weighted by atomic mass is 10.1. The second-order valence-corrected chi connectivity index (χ2v) is 3.84. The van der Waals surface area contributed by atoms with Crippen molar-refractivity contribution in [1.82, 2.24) is 4.90 Å². The number of hydrogen-bond acceptors (Lipinski definition) is 3. The summed E-state index contributed by atoms with van der Waals surface area (Å²) >= 11 is 0. The minimum absolute atomic E-state index is 0.787. The number of rotatable bonds is 6. The summed E-state index contributed by atoms with van der Waals surface area (Å²) in [7, 11) is 5.45. The second kappa shape index (κ2) is 6.38. The van der Waals surface area contributed by atoms with Gasteiger partial charge in [-0.15, -0.1) is 0 Å². The third kappa shape index (κ3) is 3.42. The summed E-state index contributed by atoms with van der Waals surface area (Å²) in [6.07, 6.45) is 1.03.